The molecular formula is C10H11N3O4S. The Balaban J connectivity index is 1.82. The molecule has 0 radical (unpaired) electrons. The normalized spacial score (nSPS) is 21.0. The van der Waals surface area contributed by atoms with Gasteiger partial charge in [-0.1, -0.05) is 23.9 Å². The van der Waals surface area contributed by atoms with E-state index in [-0.39, 0.29) is 5.50 Å². The summed E-state index contributed by atoms with van der Waals surface area (Å²) in [7, 11) is 0. The van der Waals surface area contributed by atoms with Crippen LogP contribution in [0.5, 0.6) is 0 Å². The monoisotopic (exact) mass is 269 g/mol. The zero-order chi connectivity index (χ0) is 13.1. The maximum atomic E-state index is 11.3. The van der Waals surface area contributed by atoms with E-state index in [9.17, 15) is 14.4 Å². The number of aliphatic carboxylic acids is 1. The Bertz CT molecular complexity index is 472. The minimum Gasteiger partial charge on any atom is -0.474 e. The van der Waals surface area contributed by atoms with Crippen molar-refractivity contribution in [3.8, 4) is 0 Å². The summed E-state index contributed by atoms with van der Waals surface area (Å²) >= 11 is 1.41. The molecule has 1 aliphatic heterocycles. The third-order valence-corrected chi connectivity index (χ3v) is 3.47. The number of imide groups is 1. The summed E-state index contributed by atoms with van der Waals surface area (Å²) in [6.45, 7) is 0. The maximum absolute atomic E-state index is 11.3. The molecule has 0 bridgehead atoms. The highest BCUT2D eigenvalue weighted by molar-refractivity contribution is 8.04. The molecule has 1 atom stereocenters. The first kappa shape index (κ1) is 12.5. The highest BCUT2D eigenvalue weighted by Crippen LogP contribution is 2.34. The number of rotatable bonds is 1. The number of carboxylic acids is 1. The Morgan fingerprint density at radius 1 is 1.44 bits per heavy atom. The lowest BCUT2D eigenvalue weighted by Gasteiger charge is -2.14. The van der Waals surface area contributed by atoms with Gasteiger partial charge in [0.2, 0.25) is 0 Å². The van der Waals surface area contributed by atoms with E-state index in [0.29, 0.717) is 0 Å². The van der Waals surface area contributed by atoms with E-state index in [1.807, 2.05) is 12.2 Å². The van der Waals surface area contributed by atoms with Gasteiger partial charge in [-0.15, -0.1) is 0 Å². The standard InChI is InChI=1S/C10H11N3O4S/c14-7(8(15)16)12-9(17)13-10-11-5-3-1-2-4-6(5)18-10/h2,4,10-11H,1,3H2,(H,15,16)(H2,12,13,14,17). The Hall–Kier alpha value is -1.96. The number of urea groups is 1. The minimum absolute atomic E-state index is 0.389. The number of carbonyl (C=O) groups is 3. The van der Waals surface area contributed by atoms with E-state index in [0.717, 1.165) is 23.4 Å². The van der Waals surface area contributed by atoms with E-state index < -0.39 is 17.9 Å². The SMILES string of the molecule is O=C(NC(=O)C(=O)O)NC1NC2=C(C=CCC2)S1. The average Bonchev–Trinajstić information content (AvgIpc) is 2.70. The van der Waals surface area contributed by atoms with Crippen LogP contribution >= 0.6 is 11.8 Å². The van der Waals surface area contributed by atoms with E-state index in [2.05, 4.69) is 10.6 Å². The molecule has 0 spiro atoms. The molecule has 8 heteroatoms. The predicted molar refractivity (Wildman–Crippen MR) is 64.2 cm³/mol. The van der Waals surface area contributed by atoms with Gasteiger partial charge >= 0.3 is 17.9 Å². The van der Waals surface area contributed by atoms with Gasteiger partial charge in [-0.25, -0.2) is 9.59 Å². The molecule has 96 valence electrons. The molecule has 0 saturated carbocycles. The molecule has 0 aromatic heterocycles. The third-order valence-electron chi connectivity index (χ3n) is 2.36. The highest BCUT2D eigenvalue weighted by Gasteiger charge is 2.26. The van der Waals surface area contributed by atoms with Crippen LogP contribution in [-0.2, 0) is 9.59 Å². The van der Waals surface area contributed by atoms with Crippen molar-refractivity contribution in [2.24, 2.45) is 0 Å². The topological polar surface area (TPSA) is 108 Å². The molecular weight excluding hydrogens is 258 g/mol. The van der Waals surface area contributed by atoms with Crippen LogP contribution in [-0.4, -0.2) is 28.5 Å². The van der Waals surface area contributed by atoms with Gasteiger partial charge in [-0.3, -0.25) is 10.1 Å². The first-order valence-electron chi connectivity index (χ1n) is 5.24. The number of hydrogen-bond donors (Lipinski definition) is 4. The predicted octanol–water partition coefficient (Wildman–Crippen LogP) is 0.0784. The average molecular weight is 269 g/mol. The van der Waals surface area contributed by atoms with Gasteiger partial charge in [0.1, 0.15) is 0 Å². The Morgan fingerprint density at radius 2 is 2.22 bits per heavy atom. The molecule has 2 rings (SSSR count). The van der Waals surface area contributed by atoms with Crippen molar-refractivity contribution in [1.82, 2.24) is 16.0 Å². The number of hydrogen-bond acceptors (Lipinski definition) is 5. The van der Waals surface area contributed by atoms with E-state index in [1.165, 1.54) is 11.8 Å². The second-order valence-electron chi connectivity index (χ2n) is 3.66. The van der Waals surface area contributed by atoms with Gasteiger partial charge in [0, 0.05) is 10.6 Å². The van der Waals surface area contributed by atoms with Crippen LogP contribution in [0.2, 0.25) is 0 Å². The summed E-state index contributed by atoms with van der Waals surface area (Å²) < 4.78 is 0. The van der Waals surface area contributed by atoms with E-state index >= 15 is 0 Å². The van der Waals surface area contributed by atoms with E-state index in [1.54, 1.807) is 5.32 Å². The first-order valence-corrected chi connectivity index (χ1v) is 6.12. The van der Waals surface area contributed by atoms with Crippen molar-refractivity contribution in [2.75, 3.05) is 0 Å². The summed E-state index contributed by atoms with van der Waals surface area (Å²) in [6, 6.07) is -0.837. The fourth-order valence-electron chi connectivity index (χ4n) is 1.59. The van der Waals surface area contributed by atoms with Crippen LogP contribution in [0.3, 0.4) is 0 Å². The van der Waals surface area contributed by atoms with Crippen molar-refractivity contribution in [1.29, 1.82) is 0 Å². The number of carbonyl (C=O) groups excluding carboxylic acids is 2. The molecule has 2 aliphatic rings. The number of allylic oxidation sites excluding steroid dienone is 3. The number of carboxylic acid groups (broad SMARTS) is 1. The van der Waals surface area contributed by atoms with Crippen LogP contribution in [0, 0.1) is 0 Å². The Labute approximate surface area is 107 Å². The molecule has 3 amide bonds. The molecule has 1 unspecified atom stereocenters. The largest absolute Gasteiger partial charge is 0.474 e. The molecule has 1 aliphatic carbocycles. The number of nitrogens with one attached hydrogen (secondary N) is 3. The molecule has 0 aromatic carbocycles. The van der Waals surface area contributed by atoms with Crippen LogP contribution in [0.1, 0.15) is 12.8 Å². The molecule has 1 heterocycles. The molecule has 7 nitrogen and oxygen atoms in total. The summed E-state index contributed by atoms with van der Waals surface area (Å²) in [6.07, 6.45) is 5.85. The lowest BCUT2D eigenvalue weighted by Crippen LogP contribution is -2.48. The number of thioether (sulfide) groups is 1. The highest BCUT2D eigenvalue weighted by atomic mass is 32.2. The van der Waals surface area contributed by atoms with Crippen LogP contribution in [0.25, 0.3) is 0 Å². The first-order chi connectivity index (χ1) is 8.56. The fourth-order valence-corrected chi connectivity index (χ4v) is 2.69. The third kappa shape index (κ3) is 2.83. The maximum Gasteiger partial charge on any atom is 0.394 e. The summed E-state index contributed by atoms with van der Waals surface area (Å²) in [5.41, 5.74) is 0.664. The van der Waals surface area contributed by atoms with Gasteiger partial charge < -0.3 is 15.7 Å². The molecule has 0 fully saturated rings. The van der Waals surface area contributed by atoms with Crippen LogP contribution in [0.4, 0.5) is 4.79 Å². The quantitative estimate of drug-likeness (QED) is 0.502. The van der Waals surface area contributed by atoms with Crippen molar-refractivity contribution < 1.29 is 19.5 Å². The van der Waals surface area contributed by atoms with Crippen LogP contribution < -0.4 is 16.0 Å². The molecule has 0 aromatic rings. The molecule has 4 N–H and O–H groups in total. The second-order valence-corrected chi connectivity index (χ2v) is 4.81. The van der Waals surface area contributed by atoms with Gasteiger partial charge in [-0.2, -0.15) is 0 Å². The lowest BCUT2D eigenvalue weighted by molar-refractivity contribution is -0.149. The summed E-state index contributed by atoms with van der Waals surface area (Å²) in [5, 5.41) is 15.6. The van der Waals surface area contributed by atoms with Gasteiger partial charge in [-0.05, 0) is 12.8 Å². The van der Waals surface area contributed by atoms with Crippen molar-refractivity contribution >= 4 is 29.7 Å². The summed E-state index contributed by atoms with van der Waals surface area (Å²) in [4.78, 5) is 33.4. The summed E-state index contributed by atoms with van der Waals surface area (Å²) in [5.74, 6) is -3.05. The van der Waals surface area contributed by atoms with Gasteiger partial charge in [0.15, 0.2) is 5.50 Å². The van der Waals surface area contributed by atoms with Crippen LogP contribution in [0.15, 0.2) is 22.8 Å². The Kier molecular flexibility index (Phi) is 3.56. The van der Waals surface area contributed by atoms with E-state index in [4.69, 9.17) is 5.11 Å². The Morgan fingerprint density at radius 3 is 2.89 bits per heavy atom. The fraction of sp³-hybridized carbons (Fsp3) is 0.300. The van der Waals surface area contributed by atoms with Crippen molar-refractivity contribution in [2.45, 2.75) is 18.3 Å². The zero-order valence-electron chi connectivity index (χ0n) is 9.23. The van der Waals surface area contributed by atoms with Crippen molar-refractivity contribution in [3.63, 3.8) is 0 Å². The number of amides is 3. The van der Waals surface area contributed by atoms with Gasteiger partial charge in [0.25, 0.3) is 0 Å². The van der Waals surface area contributed by atoms with Gasteiger partial charge in [0.05, 0.1) is 0 Å². The minimum atomic E-state index is -1.70. The smallest absolute Gasteiger partial charge is 0.394 e. The zero-order valence-corrected chi connectivity index (χ0v) is 10.0. The van der Waals surface area contributed by atoms with Crippen molar-refractivity contribution in [3.05, 3.63) is 22.8 Å². The lowest BCUT2D eigenvalue weighted by atomic mass is 10.1. The molecule has 18 heavy (non-hydrogen) atoms. The molecule has 0 saturated heterocycles. The second kappa shape index (κ2) is 5.13.